The molecule has 15 heavy (non-hydrogen) atoms. The molecule has 3 heterocycles. The molecule has 2 bridgehead atoms. The zero-order chi connectivity index (χ0) is 10.3. The van der Waals surface area contributed by atoms with Crippen LogP contribution in [0.2, 0.25) is 0 Å². The zero-order valence-corrected chi connectivity index (χ0v) is 8.36. The number of rotatable bonds is 2. The third-order valence-corrected chi connectivity index (χ3v) is 3.38. The van der Waals surface area contributed by atoms with E-state index >= 15 is 0 Å². The number of nitrogens with zero attached hydrogens (tertiary/aromatic N) is 1. The Morgan fingerprint density at radius 2 is 2.47 bits per heavy atom. The molecular weight excluding hydrogens is 192 g/mol. The van der Waals surface area contributed by atoms with Crippen molar-refractivity contribution < 1.29 is 4.79 Å². The van der Waals surface area contributed by atoms with Gasteiger partial charge in [-0.1, -0.05) is 0 Å². The summed E-state index contributed by atoms with van der Waals surface area (Å²) in [5.74, 6) is 0.751. The predicted molar refractivity (Wildman–Crippen MR) is 55.3 cm³/mol. The van der Waals surface area contributed by atoms with Crippen LogP contribution in [0.5, 0.6) is 0 Å². The van der Waals surface area contributed by atoms with Crippen LogP contribution in [-0.4, -0.2) is 28.0 Å². The van der Waals surface area contributed by atoms with Crippen molar-refractivity contribution in [2.45, 2.75) is 31.3 Å². The zero-order valence-electron chi connectivity index (χ0n) is 8.36. The number of fused-ring (bicyclic) bond motifs is 2. The van der Waals surface area contributed by atoms with Gasteiger partial charge in [-0.25, -0.2) is 4.98 Å². The quantitative estimate of drug-likeness (QED) is 0.659. The lowest BCUT2D eigenvalue weighted by Gasteiger charge is -2.18. The first-order valence-corrected chi connectivity index (χ1v) is 5.39. The number of imidazole rings is 1. The van der Waals surface area contributed by atoms with E-state index in [0.717, 1.165) is 12.8 Å². The lowest BCUT2D eigenvalue weighted by Crippen LogP contribution is -2.33. The van der Waals surface area contributed by atoms with Crippen LogP contribution in [0.4, 0.5) is 5.95 Å². The maximum atomic E-state index is 11.9. The minimum Gasteiger partial charge on any atom is -0.331 e. The van der Waals surface area contributed by atoms with Gasteiger partial charge in [0.15, 0.2) is 0 Å². The number of aromatic amines is 1. The van der Waals surface area contributed by atoms with Crippen LogP contribution in [0.25, 0.3) is 0 Å². The van der Waals surface area contributed by atoms with Crippen molar-refractivity contribution in [3.63, 3.8) is 0 Å². The van der Waals surface area contributed by atoms with Crippen LogP contribution in [0.1, 0.15) is 19.3 Å². The fraction of sp³-hybridized carbons (Fsp3) is 0.600. The van der Waals surface area contributed by atoms with Gasteiger partial charge < -0.3 is 10.3 Å². The van der Waals surface area contributed by atoms with Crippen LogP contribution in [-0.2, 0) is 4.79 Å². The highest BCUT2D eigenvalue weighted by molar-refractivity contribution is 5.91. The molecule has 0 radical (unpaired) electrons. The number of hydrogen-bond donors (Lipinski definition) is 3. The van der Waals surface area contributed by atoms with Crippen molar-refractivity contribution >= 4 is 11.9 Å². The molecule has 0 spiro atoms. The Labute approximate surface area is 87.7 Å². The number of aromatic nitrogens is 2. The molecule has 1 aromatic heterocycles. The molecule has 5 heteroatoms. The first kappa shape index (κ1) is 8.91. The molecule has 2 aliphatic rings. The van der Waals surface area contributed by atoms with Crippen molar-refractivity contribution in [1.29, 1.82) is 0 Å². The van der Waals surface area contributed by atoms with Gasteiger partial charge in [0.05, 0.1) is 5.92 Å². The maximum absolute atomic E-state index is 11.9. The predicted octanol–water partition coefficient (Wildman–Crippen LogP) is 0.489. The van der Waals surface area contributed by atoms with Crippen LogP contribution in [0.15, 0.2) is 12.4 Å². The van der Waals surface area contributed by atoms with E-state index < -0.39 is 0 Å². The Balaban J connectivity index is 1.66. The lowest BCUT2D eigenvalue weighted by atomic mass is 9.88. The fourth-order valence-corrected chi connectivity index (χ4v) is 2.66. The van der Waals surface area contributed by atoms with Crippen molar-refractivity contribution in [3.8, 4) is 0 Å². The molecule has 1 amide bonds. The third kappa shape index (κ3) is 1.52. The molecule has 2 saturated heterocycles. The molecule has 2 aliphatic heterocycles. The molecule has 3 unspecified atom stereocenters. The normalized spacial score (nSPS) is 33.2. The summed E-state index contributed by atoms with van der Waals surface area (Å²) < 4.78 is 0. The first-order chi connectivity index (χ1) is 7.33. The van der Waals surface area contributed by atoms with Crippen molar-refractivity contribution in [3.05, 3.63) is 12.4 Å². The molecule has 0 aliphatic carbocycles. The molecule has 0 aromatic carbocycles. The number of hydrogen-bond acceptors (Lipinski definition) is 3. The molecule has 2 fully saturated rings. The monoisotopic (exact) mass is 206 g/mol. The van der Waals surface area contributed by atoms with Gasteiger partial charge in [0.25, 0.3) is 0 Å². The molecule has 3 atom stereocenters. The smallest absolute Gasteiger partial charge is 0.231 e. The second-order valence-electron chi connectivity index (χ2n) is 4.32. The number of anilines is 1. The Morgan fingerprint density at radius 3 is 3.07 bits per heavy atom. The van der Waals surface area contributed by atoms with Gasteiger partial charge in [-0.05, 0) is 19.3 Å². The Morgan fingerprint density at radius 1 is 1.53 bits per heavy atom. The number of H-pyrrole nitrogens is 1. The number of amides is 1. The maximum Gasteiger partial charge on any atom is 0.231 e. The third-order valence-electron chi connectivity index (χ3n) is 3.38. The Bertz CT molecular complexity index is 362. The van der Waals surface area contributed by atoms with E-state index in [9.17, 15) is 4.79 Å². The van der Waals surface area contributed by atoms with Gasteiger partial charge in [-0.15, -0.1) is 0 Å². The summed E-state index contributed by atoms with van der Waals surface area (Å²) in [6.45, 7) is 0. The largest absolute Gasteiger partial charge is 0.331 e. The minimum absolute atomic E-state index is 0.0876. The highest BCUT2D eigenvalue weighted by Gasteiger charge is 2.42. The van der Waals surface area contributed by atoms with Gasteiger partial charge in [0, 0.05) is 24.5 Å². The van der Waals surface area contributed by atoms with Crippen molar-refractivity contribution in [1.82, 2.24) is 15.3 Å². The van der Waals surface area contributed by atoms with Gasteiger partial charge >= 0.3 is 0 Å². The topological polar surface area (TPSA) is 69.8 Å². The summed E-state index contributed by atoms with van der Waals surface area (Å²) in [5, 5.41) is 6.25. The summed E-state index contributed by atoms with van der Waals surface area (Å²) in [5.41, 5.74) is 0. The van der Waals surface area contributed by atoms with E-state index in [-0.39, 0.29) is 11.8 Å². The highest BCUT2D eigenvalue weighted by Crippen LogP contribution is 2.33. The number of nitrogens with one attached hydrogen (secondary N) is 3. The molecule has 3 N–H and O–H groups in total. The lowest BCUT2D eigenvalue weighted by molar-refractivity contribution is -0.120. The molecule has 0 saturated carbocycles. The van der Waals surface area contributed by atoms with Gasteiger partial charge in [0.2, 0.25) is 11.9 Å². The number of carbonyl (C=O) groups excluding carboxylic acids is 1. The van der Waals surface area contributed by atoms with E-state index in [1.165, 1.54) is 6.42 Å². The summed E-state index contributed by atoms with van der Waals surface area (Å²) in [6.07, 6.45) is 6.65. The van der Waals surface area contributed by atoms with Gasteiger partial charge in [0.1, 0.15) is 0 Å². The summed E-state index contributed by atoms with van der Waals surface area (Å²) in [6, 6.07) is 0.937. The Hall–Kier alpha value is -1.36. The van der Waals surface area contributed by atoms with E-state index in [1.54, 1.807) is 12.4 Å². The molecule has 3 rings (SSSR count). The molecule has 1 aromatic rings. The first-order valence-electron chi connectivity index (χ1n) is 5.39. The van der Waals surface area contributed by atoms with Crippen LogP contribution in [0.3, 0.4) is 0 Å². The van der Waals surface area contributed by atoms with Crippen molar-refractivity contribution in [2.24, 2.45) is 5.92 Å². The van der Waals surface area contributed by atoms with Crippen LogP contribution >= 0.6 is 0 Å². The van der Waals surface area contributed by atoms with Gasteiger partial charge in [-0.2, -0.15) is 0 Å². The highest BCUT2D eigenvalue weighted by atomic mass is 16.2. The Kier molecular flexibility index (Phi) is 1.98. The summed E-state index contributed by atoms with van der Waals surface area (Å²) in [7, 11) is 0. The van der Waals surface area contributed by atoms with E-state index in [0.29, 0.717) is 18.0 Å². The number of carbonyl (C=O) groups is 1. The van der Waals surface area contributed by atoms with E-state index in [4.69, 9.17) is 0 Å². The molecule has 80 valence electrons. The van der Waals surface area contributed by atoms with Crippen molar-refractivity contribution in [2.75, 3.05) is 5.32 Å². The second kappa shape index (κ2) is 3.34. The fourth-order valence-electron chi connectivity index (χ4n) is 2.66. The second-order valence-corrected chi connectivity index (χ2v) is 4.32. The van der Waals surface area contributed by atoms with Crippen LogP contribution in [0, 0.1) is 5.92 Å². The standard InChI is InChI=1S/C10H14N4O/c15-9(14-10-11-3-4-12-10)7-5-6-1-2-8(7)13-6/h3-4,6-8,13H,1-2,5H2,(H2,11,12,14,15). The summed E-state index contributed by atoms with van der Waals surface area (Å²) in [4.78, 5) is 18.7. The van der Waals surface area contributed by atoms with Crippen LogP contribution < -0.4 is 10.6 Å². The average molecular weight is 206 g/mol. The SMILES string of the molecule is O=C(Nc1ncc[nH]1)C1CC2CCC1N2. The van der Waals surface area contributed by atoms with E-state index in [2.05, 4.69) is 20.6 Å². The van der Waals surface area contributed by atoms with E-state index in [1.807, 2.05) is 0 Å². The molecule has 5 nitrogen and oxygen atoms in total. The minimum atomic E-state index is 0.0876. The average Bonchev–Trinajstić information content (AvgIpc) is 2.93. The molecular formula is C10H14N4O. The summed E-state index contributed by atoms with van der Waals surface area (Å²) >= 11 is 0. The van der Waals surface area contributed by atoms with Gasteiger partial charge in [-0.3, -0.25) is 10.1 Å².